The van der Waals surface area contributed by atoms with Crippen LogP contribution in [0, 0.1) is 5.92 Å². The molecule has 0 aromatic rings. The predicted molar refractivity (Wildman–Crippen MR) is 64.5 cm³/mol. The number of rotatable bonds is 4. The molecule has 0 spiro atoms. The van der Waals surface area contributed by atoms with Crippen LogP contribution in [0.4, 0.5) is 0 Å². The predicted octanol–water partition coefficient (Wildman–Crippen LogP) is 1.45. The van der Waals surface area contributed by atoms with Crippen LogP contribution < -0.4 is 0 Å². The fourth-order valence-corrected chi connectivity index (χ4v) is 2.48. The van der Waals surface area contributed by atoms with Gasteiger partial charge in [-0.25, -0.2) is 0 Å². The lowest BCUT2D eigenvalue weighted by atomic mass is 9.91. The SMILES string of the molecule is CSCCC(=O)N1CCC(C(=O)O)CC1C. The largest absolute Gasteiger partial charge is 0.481 e. The van der Waals surface area contributed by atoms with E-state index in [2.05, 4.69) is 0 Å². The van der Waals surface area contributed by atoms with E-state index >= 15 is 0 Å². The molecule has 16 heavy (non-hydrogen) atoms. The van der Waals surface area contributed by atoms with Crippen molar-refractivity contribution >= 4 is 23.6 Å². The summed E-state index contributed by atoms with van der Waals surface area (Å²) < 4.78 is 0. The molecule has 2 unspecified atom stereocenters. The Morgan fingerprint density at radius 2 is 2.19 bits per heavy atom. The van der Waals surface area contributed by atoms with Crippen LogP contribution in [-0.4, -0.2) is 46.5 Å². The van der Waals surface area contributed by atoms with Crippen molar-refractivity contribution < 1.29 is 14.7 Å². The lowest BCUT2D eigenvalue weighted by molar-refractivity contribution is -0.147. The first-order chi connectivity index (χ1) is 7.56. The van der Waals surface area contributed by atoms with Gasteiger partial charge in [0.2, 0.25) is 5.91 Å². The van der Waals surface area contributed by atoms with Gasteiger partial charge in [0.25, 0.3) is 0 Å². The molecule has 5 heteroatoms. The molecule has 1 N–H and O–H groups in total. The molecule has 0 radical (unpaired) electrons. The monoisotopic (exact) mass is 245 g/mol. The van der Waals surface area contributed by atoms with E-state index in [9.17, 15) is 9.59 Å². The number of nitrogens with zero attached hydrogens (tertiary/aromatic N) is 1. The van der Waals surface area contributed by atoms with E-state index in [-0.39, 0.29) is 17.9 Å². The Balaban J connectivity index is 2.46. The summed E-state index contributed by atoms with van der Waals surface area (Å²) in [6.07, 6.45) is 3.71. The first-order valence-corrected chi connectivity index (χ1v) is 6.96. The minimum atomic E-state index is -0.733. The summed E-state index contributed by atoms with van der Waals surface area (Å²) in [6, 6.07) is 0.0595. The number of carboxylic acid groups (broad SMARTS) is 1. The van der Waals surface area contributed by atoms with E-state index in [4.69, 9.17) is 5.11 Å². The number of piperidine rings is 1. The van der Waals surface area contributed by atoms with Crippen LogP contribution in [0.5, 0.6) is 0 Å². The van der Waals surface area contributed by atoms with Gasteiger partial charge in [-0.2, -0.15) is 11.8 Å². The first kappa shape index (κ1) is 13.4. The molecular formula is C11H19NO3S. The fourth-order valence-electron chi connectivity index (χ4n) is 2.10. The first-order valence-electron chi connectivity index (χ1n) is 5.57. The number of carboxylic acids is 1. The maximum absolute atomic E-state index is 11.8. The highest BCUT2D eigenvalue weighted by Gasteiger charge is 2.31. The van der Waals surface area contributed by atoms with Crippen LogP contribution in [0.15, 0.2) is 0 Å². The van der Waals surface area contributed by atoms with Crippen molar-refractivity contribution in [2.24, 2.45) is 5.92 Å². The number of amides is 1. The molecule has 1 aliphatic heterocycles. The third-order valence-electron chi connectivity index (χ3n) is 3.07. The van der Waals surface area contributed by atoms with Gasteiger partial charge < -0.3 is 10.0 Å². The van der Waals surface area contributed by atoms with E-state index in [1.54, 1.807) is 11.8 Å². The van der Waals surface area contributed by atoms with E-state index in [1.165, 1.54) is 0 Å². The van der Waals surface area contributed by atoms with E-state index < -0.39 is 5.97 Å². The second-order valence-electron chi connectivity index (χ2n) is 4.24. The Morgan fingerprint density at radius 3 is 2.69 bits per heavy atom. The molecule has 1 fully saturated rings. The molecule has 1 rings (SSSR count). The van der Waals surface area contributed by atoms with Gasteiger partial charge >= 0.3 is 5.97 Å². The fraction of sp³-hybridized carbons (Fsp3) is 0.818. The zero-order chi connectivity index (χ0) is 12.1. The number of carbonyl (C=O) groups excluding carboxylic acids is 1. The van der Waals surface area contributed by atoms with Gasteiger partial charge in [-0.3, -0.25) is 9.59 Å². The Hall–Kier alpha value is -0.710. The minimum Gasteiger partial charge on any atom is -0.481 e. The zero-order valence-electron chi connectivity index (χ0n) is 9.81. The molecule has 0 saturated carbocycles. The molecule has 1 amide bonds. The second kappa shape index (κ2) is 6.13. The highest BCUT2D eigenvalue weighted by molar-refractivity contribution is 7.98. The highest BCUT2D eigenvalue weighted by atomic mass is 32.2. The summed E-state index contributed by atoms with van der Waals surface area (Å²) in [5.41, 5.74) is 0. The van der Waals surface area contributed by atoms with E-state index in [0.717, 1.165) is 5.75 Å². The van der Waals surface area contributed by atoms with Crippen molar-refractivity contribution in [2.75, 3.05) is 18.6 Å². The molecule has 0 aromatic carbocycles. The quantitative estimate of drug-likeness (QED) is 0.814. The van der Waals surface area contributed by atoms with Gasteiger partial charge in [-0.15, -0.1) is 0 Å². The Morgan fingerprint density at radius 1 is 1.50 bits per heavy atom. The Bertz CT molecular complexity index is 270. The minimum absolute atomic E-state index is 0.0595. The van der Waals surface area contributed by atoms with Crippen LogP contribution in [0.1, 0.15) is 26.2 Å². The van der Waals surface area contributed by atoms with Gasteiger partial charge in [0, 0.05) is 24.8 Å². The molecule has 4 nitrogen and oxygen atoms in total. The van der Waals surface area contributed by atoms with Crippen LogP contribution in [0.25, 0.3) is 0 Å². The van der Waals surface area contributed by atoms with E-state index in [0.29, 0.717) is 25.8 Å². The number of carbonyl (C=O) groups is 2. The van der Waals surface area contributed by atoms with Crippen LogP contribution in [-0.2, 0) is 9.59 Å². The van der Waals surface area contributed by atoms with Crippen molar-refractivity contribution in [1.82, 2.24) is 4.90 Å². The van der Waals surface area contributed by atoms with E-state index in [1.807, 2.05) is 18.1 Å². The highest BCUT2D eigenvalue weighted by Crippen LogP contribution is 2.23. The third-order valence-corrected chi connectivity index (χ3v) is 3.68. The average molecular weight is 245 g/mol. The van der Waals surface area contributed by atoms with Gasteiger partial charge in [-0.1, -0.05) is 0 Å². The lowest BCUT2D eigenvalue weighted by Gasteiger charge is -2.36. The van der Waals surface area contributed by atoms with Gasteiger partial charge in [0.05, 0.1) is 5.92 Å². The Kier molecular flexibility index (Phi) is 5.12. The molecule has 0 bridgehead atoms. The summed E-state index contributed by atoms with van der Waals surface area (Å²) in [5.74, 6) is -0.0157. The summed E-state index contributed by atoms with van der Waals surface area (Å²) in [4.78, 5) is 24.5. The standard InChI is InChI=1S/C11H19NO3S/c1-8-7-9(11(14)15)3-5-12(8)10(13)4-6-16-2/h8-9H,3-7H2,1-2H3,(H,14,15). The number of hydrogen-bond acceptors (Lipinski definition) is 3. The maximum Gasteiger partial charge on any atom is 0.306 e. The topological polar surface area (TPSA) is 57.6 Å². The number of likely N-dealkylation sites (tertiary alicyclic amines) is 1. The van der Waals surface area contributed by atoms with Gasteiger partial charge in [-0.05, 0) is 26.0 Å². The summed E-state index contributed by atoms with van der Waals surface area (Å²) in [5, 5.41) is 8.92. The Labute approximate surface area is 100 Å². The number of thioether (sulfide) groups is 1. The average Bonchev–Trinajstić information content (AvgIpc) is 2.25. The molecule has 1 heterocycles. The zero-order valence-corrected chi connectivity index (χ0v) is 10.6. The molecule has 0 aliphatic carbocycles. The normalized spacial score (nSPS) is 25.5. The van der Waals surface area contributed by atoms with Gasteiger partial charge in [0.1, 0.15) is 0 Å². The molecule has 2 atom stereocenters. The molecule has 92 valence electrons. The summed E-state index contributed by atoms with van der Waals surface area (Å²) in [6.45, 7) is 2.53. The van der Waals surface area contributed by atoms with Crippen molar-refractivity contribution in [3.05, 3.63) is 0 Å². The maximum atomic E-state index is 11.8. The molecule has 1 aliphatic rings. The number of hydrogen-bond donors (Lipinski definition) is 1. The molecular weight excluding hydrogens is 226 g/mol. The molecule has 0 aromatic heterocycles. The summed E-state index contributed by atoms with van der Waals surface area (Å²) in [7, 11) is 0. The number of aliphatic carboxylic acids is 1. The van der Waals surface area contributed by atoms with Crippen molar-refractivity contribution in [3.63, 3.8) is 0 Å². The van der Waals surface area contributed by atoms with Crippen molar-refractivity contribution in [2.45, 2.75) is 32.2 Å². The molecule has 1 saturated heterocycles. The second-order valence-corrected chi connectivity index (χ2v) is 5.22. The van der Waals surface area contributed by atoms with Crippen LogP contribution in [0.2, 0.25) is 0 Å². The third kappa shape index (κ3) is 3.40. The summed E-state index contributed by atoms with van der Waals surface area (Å²) >= 11 is 1.66. The van der Waals surface area contributed by atoms with Crippen molar-refractivity contribution in [3.8, 4) is 0 Å². The lowest BCUT2D eigenvalue weighted by Crippen LogP contribution is -2.46. The van der Waals surface area contributed by atoms with Crippen molar-refractivity contribution in [1.29, 1.82) is 0 Å². The van der Waals surface area contributed by atoms with Crippen LogP contribution in [0.3, 0.4) is 0 Å². The van der Waals surface area contributed by atoms with Crippen LogP contribution >= 0.6 is 11.8 Å². The van der Waals surface area contributed by atoms with Gasteiger partial charge in [0.15, 0.2) is 0 Å². The smallest absolute Gasteiger partial charge is 0.306 e.